The molecule has 0 radical (unpaired) electrons. The molecule has 0 spiro atoms. The number of carbonyl (C=O) groups excluding carboxylic acids is 1. The van der Waals surface area contributed by atoms with Crippen LogP contribution in [0.15, 0.2) is 22.6 Å². The number of hydrogen-bond acceptors (Lipinski definition) is 3. The highest BCUT2D eigenvalue weighted by Crippen LogP contribution is 2.29. The van der Waals surface area contributed by atoms with Gasteiger partial charge in [0.1, 0.15) is 17.1 Å². The number of Topliss-reactive ketones (excluding diaryl/α,β-unsaturated/α-hetero) is 1. The van der Waals surface area contributed by atoms with E-state index in [1.54, 1.807) is 18.2 Å². The number of hydrogen-bond donors (Lipinski definition) is 1. The third kappa shape index (κ3) is 1.97. The number of phenols is 1. The van der Waals surface area contributed by atoms with Crippen LogP contribution in [0.2, 0.25) is 5.22 Å². The topological polar surface area (TPSA) is 50.4 Å². The van der Waals surface area contributed by atoms with Crippen molar-refractivity contribution in [1.82, 2.24) is 0 Å². The van der Waals surface area contributed by atoms with Crippen LogP contribution in [-0.4, -0.2) is 10.9 Å². The van der Waals surface area contributed by atoms with Crippen LogP contribution in [0.5, 0.6) is 5.75 Å². The summed E-state index contributed by atoms with van der Waals surface area (Å²) in [5, 5.41) is 10.6. The molecule has 0 aliphatic rings. The number of halogens is 1. The van der Waals surface area contributed by atoms with Crippen molar-refractivity contribution >= 4 is 28.4 Å². The summed E-state index contributed by atoms with van der Waals surface area (Å²) in [5.41, 5.74) is 1.13. The highest BCUT2D eigenvalue weighted by Gasteiger charge is 2.09. The highest BCUT2D eigenvalue weighted by molar-refractivity contribution is 6.29. The Morgan fingerprint density at radius 1 is 1.47 bits per heavy atom. The molecule has 2 aromatic rings. The van der Waals surface area contributed by atoms with Gasteiger partial charge in [-0.15, -0.1) is 0 Å². The lowest BCUT2D eigenvalue weighted by atomic mass is 10.1. The Hall–Kier alpha value is -1.48. The van der Waals surface area contributed by atoms with Crippen molar-refractivity contribution in [3.05, 3.63) is 29.0 Å². The second-order valence-corrected chi connectivity index (χ2v) is 3.82. The first-order valence-corrected chi connectivity index (χ1v) is 4.84. The average molecular weight is 225 g/mol. The molecule has 1 heterocycles. The first-order chi connectivity index (χ1) is 7.06. The maximum atomic E-state index is 10.9. The number of aromatic hydroxyl groups is 1. The molecule has 0 atom stereocenters. The van der Waals surface area contributed by atoms with Crippen molar-refractivity contribution < 1.29 is 14.3 Å². The van der Waals surface area contributed by atoms with Gasteiger partial charge < -0.3 is 9.52 Å². The predicted molar refractivity (Wildman–Crippen MR) is 57.3 cm³/mol. The summed E-state index contributed by atoms with van der Waals surface area (Å²) in [6, 6.07) is 4.80. The zero-order valence-electron chi connectivity index (χ0n) is 8.08. The maximum absolute atomic E-state index is 10.9. The second-order valence-electron chi connectivity index (χ2n) is 3.45. The zero-order valence-corrected chi connectivity index (χ0v) is 8.84. The van der Waals surface area contributed by atoms with Gasteiger partial charge in [0.15, 0.2) is 5.22 Å². The fraction of sp³-hybridized carbons (Fsp3) is 0.182. The molecular weight excluding hydrogens is 216 g/mol. The molecule has 15 heavy (non-hydrogen) atoms. The van der Waals surface area contributed by atoms with E-state index >= 15 is 0 Å². The molecule has 3 nitrogen and oxygen atoms in total. The summed E-state index contributed by atoms with van der Waals surface area (Å²) < 4.78 is 5.19. The molecule has 0 aliphatic heterocycles. The number of fused-ring (bicyclic) bond motifs is 1. The quantitative estimate of drug-likeness (QED) is 0.853. The van der Waals surface area contributed by atoms with Gasteiger partial charge >= 0.3 is 0 Å². The van der Waals surface area contributed by atoms with Crippen LogP contribution >= 0.6 is 11.6 Å². The van der Waals surface area contributed by atoms with Crippen LogP contribution in [0.1, 0.15) is 12.5 Å². The molecule has 1 aromatic heterocycles. The minimum Gasteiger partial charge on any atom is -0.508 e. The monoisotopic (exact) mass is 224 g/mol. The van der Waals surface area contributed by atoms with Gasteiger partial charge in [-0.3, -0.25) is 4.79 Å². The Balaban J connectivity index is 2.55. The van der Waals surface area contributed by atoms with E-state index in [1.165, 1.54) is 6.92 Å². The second kappa shape index (κ2) is 3.59. The number of ketones is 1. The molecule has 2 rings (SSSR count). The van der Waals surface area contributed by atoms with Crippen LogP contribution in [-0.2, 0) is 11.2 Å². The van der Waals surface area contributed by atoms with E-state index in [-0.39, 0.29) is 23.2 Å². The molecular formula is C11H9ClO3. The standard InChI is InChI=1S/C11H9ClO3/c1-6(13)2-7-4-10-8(3-9(7)14)5-11(12)15-10/h3-5,14H,2H2,1H3. The summed E-state index contributed by atoms with van der Waals surface area (Å²) in [4.78, 5) is 10.9. The minimum absolute atomic E-state index is 0.0118. The van der Waals surface area contributed by atoms with Gasteiger partial charge in [-0.1, -0.05) is 0 Å². The number of benzene rings is 1. The van der Waals surface area contributed by atoms with Crippen LogP contribution in [0.25, 0.3) is 11.0 Å². The molecule has 1 aromatic carbocycles. The van der Waals surface area contributed by atoms with Crippen LogP contribution in [0.4, 0.5) is 0 Å². The summed E-state index contributed by atoms with van der Waals surface area (Å²) in [5.74, 6) is 0.0810. The first-order valence-electron chi connectivity index (χ1n) is 4.46. The summed E-state index contributed by atoms with van der Waals surface area (Å²) in [7, 11) is 0. The molecule has 78 valence electrons. The number of carbonyl (C=O) groups is 1. The minimum atomic E-state index is -0.0118. The Bertz CT molecular complexity index is 528. The lowest BCUT2D eigenvalue weighted by Gasteiger charge is -2.01. The normalized spacial score (nSPS) is 10.8. The van der Waals surface area contributed by atoms with Gasteiger partial charge in [0.2, 0.25) is 0 Å². The van der Waals surface area contributed by atoms with Gasteiger partial charge in [0.05, 0.1) is 0 Å². The van der Waals surface area contributed by atoms with Gasteiger partial charge in [0.25, 0.3) is 0 Å². The third-order valence-corrected chi connectivity index (χ3v) is 2.31. The number of furan rings is 1. The smallest absolute Gasteiger partial charge is 0.194 e. The van der Waals surface area contributed by atoms with Crippen molar-refractivity contribution in [2.45, 2.75) is 13.3 Å². The van der Waals surface area contributed by atoms with E-state index in [4.69, 9.17) is 16.0 Å². The molecule has 0 amide bonds. The molecule has 1 N–H and O–H groups in total. The fourth-order valence-corrected chi connectivity index (χ4v) is 1.70. The highest BCUT2D eigenvalue weighted by atomic mass is 35.5. The Morgan fingerprint density at radius 3 is 2.87 bits per heavy atom. The van der Waals surface area contributed by atoms with Crippen molar-refractivity contribution in [3.8, 4) is 5.75 Å². The summed E-state index contributed by atoms with van der Waals surface area (Å²) in [6.45, 7) is 1.47. The van der Waals surface area contributed by atoms with E-state index in [2.05, 4.69) is 0 Å². The molecule has 0 saturated carbocycles. The Labute approximate surface area is 91.3 Å². The fourth-order valence-electron chi connectivity index (χ4n) is 1.49. The maximum Gasteiger partial charge on any atom is 0.194 e. The zero-order chi connectivity index (χ0) is 11.0. The largest absolute Gasteiger partial charge is 0.508 e. The molecule has 0 fully saturated rings. The van der Waals surface area contributed by atoms with E-state index in [1.807, 2.05) is 0 Å². The van der Waals surface area contributed by atoms with Crippen molar-refractivity contribution in [2.24, 2.45) is 0 Å². The molecule has 0 aliphatic carbocycles. The Kier molecular flexibility index (Phi) is 2.40. The predicted octanol–water partition coefficient (Wildman–Crippen LogP) is 2.92. The van der Waals surface area contributed by atoms with Crippen LogP contribution in [0.3, 0.4) is 0 Å². The van der Waals surface area contributed by atoms with E-state index in [0.29, 0.717) is 11.1 Å². The van der Waals surface area contributed by atoms with Crippen LogP contribution in [0, 0.1) is 0 Å². The van der Waals surface area contributed by atoms with Crippen LogP contribution < -0.4 is 0 Å². The Morgan fingerprint density at radius 2 is 2.20 bits per heavy atom. The van der Waals surface area contributed by atoms with Crippen molar-refractivity contribution in [1.29, 1.82) is 0 Å². The van der Waals surface area contributed by atoms with Crippen molar-refractivity contribution in [3.63, 3.8) is 0 Å². The van der Waals surface area contributed by atoms with Crippen molar-refractivity contribution in [2.75, 3.05) is 0 Å². The van der Waals surface area contributed by atoms with E-state index in [9.17, 15) is 9.90 Å². The SMILES string of the molecule is CC(=O)Cc1cc2oc(Cl)cc2cc1O. The van der Waals surface area contributed by atoms with Gasteiger partial charge in [0, 0.05) is 23.4 Å². The molecule has 0 unspecified atom stereocenters. The molecule has 0 saturated heterocycles. The van der Waals surface area contributed by atoms with Gasteiger partial charge in [-0.25, -0.2) is 0 Å². The third-order valence-electron chi connectivity index (χ3n) is 2.13. The number of rotatable bonds is 2. The van der Waals surface area contributed by atoms with Gasteiger partial charge in [-0.2, -0.15) is 0 Å². The lowest BCUT2D eigenvalue weighted by Crippen LogP contribution is -1.96. The number of phenolic OH excluding ortho intramolecular Hbond substituents is 1. The average Bonchev–Trinajstić information content (AvgIpc) is 2.44. The van der Waals surface area contributed by atoms with E-state index in [0.717, 1.165) is 5.39 Å². The first kappa shape index (κ1) is 10.1. The summed E-state index contributed by atoms with van der Waals surface area (Å²) >= 11 is 5.68. The van der Waals surface area contributed by atoms with Gasteiger partial charge in [-0.05, 0) is 30.7 Å². The molecule has 0 bridgehead atoms. The summed E-state index contributed by atoms with van der Waals surface area (Å²) in [6.07, 6.45) is 0.195. The lowest BCUT2D eigenvalue weighted by molar-refractivity contribution is -0.116. The molecule has 4 heteroatoms. The van der Waals surface area contributed by atoms with E-state index < -0.39 is 0 Å².